The summed E-state index contributed by atoms with van der Waals surface area (Å²) >= 11 is 0. The maximum absolute atomic E-state index is 13.0. The van der Waals surface area contributed by atoms with Crippen LogP contribution in [-0.4, -0.2) is 41.0 Å². The highest BCUT2D eigenvalue weighted by Gasteiger charge is 2.43. The number of Topliss-reactive ketones (excluding diaryl/α,β-unsaturated/α-hetero) is 1. The van der Waals surface area contributed by atoms with Gasteiger partial charge in [0.25, 0.3) is 5.91 Å². The van der Waals surface area contributed by atoms with Crippen LogP contribution < -0.4 is 5.32 Å². The molecular formula is C20H27F3N2O4. The number of amides is 2. The molecule has 9 heteroatoms. The monoisotopic (exact) mass is 416 g/mol. The van der Waals surface area contributed by atoms with E-state index < -0.39 is 42.0 Å². The number of ketones is 1. The third kappa shape index (κ3) is 8.23. The van der Waals surface area contributed by atoms with Crippen molar-refractivity contribution >= 4 is 18.1 Å². The van der Waals surface area contributed by atoms with Crippen LogP contribution in [0.25, 0.3) is 0 Å². The van der Waals surface area contributed by atoms with Crippen molar-refractivity contribution in [3.63, 3.8) is 0 Å². The first-order valence-corrected chi connectivity index (χ1v) is 9.14. The summed E-state index contributed by atoms with van der Waals surface area (Å²) in [5, 5.41) is 2.75. The molecule has 1 aromatic carbocycles. The van der Waals surface area contributed by atoms with Crippen molar-refractivity contribution < 1.29 is 32.4 Å². The van der Waals surface area contributed by atoms with Crippen LogP contribution in [0, 0.1) is 5.92 Å². The molecule has 0 aliphatic carbocycles. The van der Waals surface area contributed by atoms with Gasteiger partial charge >= 0.3 is 6.18 Å². The van der Waals surface area contributed by atoms with Crippen molar-refractivity contribution in [1.82, 2.24) is 10.4 Å². The van der Waals surface area contributed by atoms with Gasteiger partial charge in [-0.15, -0.1) is 0 Å². The maximum Gasteiger partial charge on any atom is 0.391 e. The molecule has 0 fully saturated rings. The highest BCUT2D eigenvalue weighted by molar-refractivity contribution is 6.38. The molecule has 0 bridgehead atoms. The molecule has 0 spiro atoms. The topological polar surface area (TPSA) is 75.7 Å². The van der Waals surface area contributed by atoms with Crippen LogP contribution in [0.3, 0.4) is 0 Å². The summed E-state index contributed by atoms with van der Waals surface area (Å²) in [6, 6.07) is 6.03. The van der Waals surface area contributed by atoms with E-state index in [0.717, 1.165) is 0 Å². The predicted octanol–water partition coefficient (Wildman–Crippen LogP) is 3.58. The molecule has 0 aliphatic heterocycles. The van der Waals surface area contributed by atoms with Crippen LogP contribution in [0.5, 0.6) is 0 Å². The van der Waals surface area contributed by atoms with Crippen LogP contribution in [-0.2, 0) is 19.2 Å². The number of hydrogen-bond donors (Lipinski definition) is 1. The first-order valence-electron chi connectivity index (χ1n) is 9.14. The maximum atomic E-state index is 13.0. The van der Waals surface area contributed by atoms with Gasteiger partial charge in [-0.05, 0) is 32.3 Å². The summed E-state index contributed by atoms with van der Waals surface area (Å²) in [5.41, 5.74) is -0.347. The van der Waals surface area contributed by atoms with E-state index in [1.54, 1.807) is 44.2 Å². The van der Waals surface area contributed by atoms with Crippen LogP contribution in [0.15, 0.2) is 30.3 Å². The minimum Gasteiger partial charge on any atom is -0.342 e. The van der Waals surface area contributed by atoms with Gasteiger partial charge in [0.15, 0.2) is 0 Å². The van der Waals surface area contributed by atoms with E-state index in [4.69, 9.17) is 4.84 Å². The Balaban J connectivity index is 3.13. The van der Waals surface area contributed by atoms with Crippen molar-refractivity contribution in [3.05, 3.63) is 35.9 Å². The Labute approximate surface area is 168 Å². The van der Waals surface area contributed by atoms with Gasteiger partial charge < -0.3 is 5.32 Å². The molecule has 2 atom stereocenters. The van der Waals surface area contributed by atoms with Gasteiger partial charge in [-0.25, -0.2) is 5.06 Å². The van der Waals surface area contributed by atoms with Gasteiger partial charge in [0, 0.05) is 0 Å². The molecule has 0 heterocycles. The van der Waals surface area contributed by atoms with Gasteiger partial charge in [-0.2, -0.15) is 13.2 Å². The molecule has 1 rings (SSSR count). The Kier molecular flexibility index (Phi) is 8.37. The van der Waals surface area contributed by atoms with Gasteiger partial charge in [0.2, 0.25) is 12.2 Å². The van der Waals surface area contributed by atoms with Gasteiger partial charge in [0.1, 0.15) is 6.04 Å². The first-order chi connectivity index (χ1) is 13.2. The molecule has 1 aromatic rings. The van der Waals surface area contributed by atoms with Crippen molar-refractivity contribution in [3.8, 4) is 0 Å². The number of benzene rings is 1. The highest BCUT2D eigenvalue weighted by Crippen LogP contribution is 2.27. The molecule has 0 radical (unpaired) electrons. The number of carbonyl (C=O) groups is 3. The van der Waals surface area contributed by atoms with E-state index in [9.17, 15) is 27.6 Å². The fourth-order valence-electron chi connectivity index (χ4n) is 2.65. The van der Waals surface area contributed by atoms with Crippen molar-refractivity contribution in [2.24, 2.45) is 5.92 Å². The summed E-state index contributed by atoms with van der Waals surface area (Å²) in [5.74, 6) is -2.75. The Morgan fingerprint density at radius 2 is 1.69 bits per heavy atom. The van der Waals surface area contributed by atoms with Crippen LogP contribution >= 0.6 is 0 Å². The SMILES string of the molecule is CC(C)[C@H](NC(=O)C(=O)[C@H](CC(F)(F)F)N(C=O)OC(C)(C)C)c1ccccc1. The number of carbonyl (C=O) groups excluding carboxylic acids is 3. The van der Waals surface area contributed by atoms with Crippen molar-refractivity contribution in [2.75, 3.05) is 0 Å². The average molecular weight is 416 g/mol. The number of hydrogen-bond acceptors (Lipinski definition) is 4. The molecule has 6 nitrogen and oxygen atoms in total. The summed E-state index contributed by atoms with van der Waals surface area (Å²) in [4.78, 5) is 41.6. The fraction of sp³-hybridized carbons (Fsp3) is 0.550. The minimum atomic E-state index is -4.79. The zero-order chi connectivity index (χ0) is 22.4. The lowest BCUT2D eigenvalue weighted by atomic mass is 9.95. The van der Waals surface area contributed by atoms with Crippen LogP contribution in [0.4, 0.5) is 13.2 Å². The molecule has 0 aliphatic rings. The van der Waals surface area contributed by atoms with Crippen molar-refractivity contribution in [2.45, 2.75) is 64.9 Å². The molecule has 2 amide bonds. The molecule has 162 valence electrons. The third-order valence-corrected chi connectivity index (χ3v) is 3.85. The summed E-state index contributed by atoms with van der Waals surface area (Å²) in [6.45, 7) is 8.11. The smallest absolute Gasteiger partial charge is 0.342 e. The Bertz CT molecular complexity index is 700. The summed E-state index contributed by atoms with van der Waals surface area (Å²) < 4.78 is 39.1. The zero-order valence-corrected chi connectivity index (χ0v) is 17.1. The minimum absolute atomic E-state index is 0.0238. The molecule has 0 unspecified atom stereocenters. The normalized spacial score (nSPS) is 14.2. The first kappa shape index (κ1) is 24.6. The third-order valence-electron chi connectivity index (χ3n) is 3.85. The van der Waals surface area contributed by atoms with E-state index >= 15 is 0 Å². The quantitative estimate of drug-likeness (QED) is 0.379. The number of hydroxylamine groups is 2. The number of nitrogens with zero attached hydrogens (tertiary/aromatic N) is 1. The van der Waals surface area contributed by atoms with Gasteiger partial charge in [-0.3, -0.25) is 19.2 Å². The van der Waals surface area contributed by atoms with Crippen molar-refractivity contribution in [1.29, 1.82) is 0 Å². The van der Waals surface area contributed by atoms with Gasteiger partial charge in [-0.1, -0.05) is 44.2 Å². The van der Waals surface area contributed by atoms with Crippen LogP contribution in [0.1, 0.15) is 52.6 Å². The molecule has 29 heavy (non-hydrogen) atoms. The second-order valence-electron chi connectivity index (χ2n) is 7.97. The number of halogens is 3. The molecular weight excluding hydrogens is 389 g/mol. The zero-order valence-electron chi connectivity index (χ0n) is 17.1. The van der Waals surface area contributed by atoms with Gasteiger partial charge in [0.05, 0.1) is 18.1 Å². The average Bonchev–Trinajstić information content (AvgIpc) is 2.60. The highest BCUT2D eigenvalue weighted by atomic mass is 19.4. The summed E-state index contributed by atoms with van der Waals surface area (Å²) in [6.07, 6.45) is -6.52. The molecule has 0 saturated heterocycles. The lowest BCUT2D eigenvalue weighted by molar-refractivity contribution is -0.244. The van der Waals surface area contributed by atoms with E-state index in [2.05, 4.69) is 5.32 Å². The predicted molar refractivity (Wildman–Crippen MR) is 100 cm³/mol. The Hall–Kier alpha value is -2.42. The van der Waals surface area contributed by atoms with E-state index in [-0.39, 0.29) is 17.4 Å². The second-order valence-corrected chi connectivity index (χ2v) is 7.97. The van der Waals surface area contributed by atoms with E-state index in [0.29, 0.717) is 5.56 Å². The molecule has 0 saturated carbocycles. The Morgan fingerprint density at radius 3 is 2.10 bits per heavy atom. The summed E-state index contributed by atoms with van der Waals surface area (Å²) in [7, 11) is 0. The second kappa shape index (κ2) is 9.87. The lowest BCUT2D eigenvalue weighted by Gasteiger charge is -2.32. The number of rotatable bonds is 9. The van der Waals surface area contributed by atoms with Crippen LogP contribution in [0.2, 0.25) is 0 Å². The molecule has 0 aromatic heterocycles. The molecule has 1 N–H and O–H groups in total. The fourth-order valence-corrected chi connectivity index (χ4v) is 2.65. The number of nitrogens with one attached hydrogen (secondary N) is 1. The standard InChI is InChI=1S/C20H27F3N2O4/c1-13(2)16(14-9-7-6-8-10-14)24-18(28)17(27)15(11-20(21,22)23)25(12-26)29-19(3,4)5/h6-10,12-13,15-16H,11H2,1-5H3,(H,24,28)/t15-,16-/m0/s1. The Morgan fingerprint density at radius 1 is 1.14 bits per heavy atom. The largest absolute Gasteiger partial charge is 0.391 e. The number of alkyl halides is 3. The lowest BCUT2D eigenvalue weighted by Crippen LogP contribution is -2.51. The van der Waals surface area contributed by atoms with E-state index in [1.165, 1.54) is 20.8 Å². The van der Waals surface area contributed by atoms with E-state index in [1.807, 2.05) is 0 Å².